The van der Waals surface area contributed by atoms with E-state index in [1.807, 2.05) is 60.7 Å². The monoisotopic (exact) mass is 238 g/mol. The number of nitrogens with one attached hydrogen (secondary N) is 2. The molecule has 0 aliphatic rings. The van der Waals surface area contributed by atoms with Crippen LogP contribution in [-0.4, -0.2) is 0 Å². The number of hydrazine groups is 1. The fraction of sp³-hybridized carbons (Fsp3) is 0. The van der Waals surface area contributed by atoms with Crippen molar-refractivity contribution in [2.24, 2.45) is 10.2 Å². The molecule has 0 aromatic heterocycles. The molecule has 0 amide bonds. The predicted molar refractivity (Wildman–Crippen MR) is 73.3 cm³/mol. The summed E-state index contributed by atoms with van der Waals surface area (Å²) in [6.45, 7) is 3.75. The van der Waals surface area contributed by atoms with Gasteiger partial charge in [-0.15, -0.1) is 10.2 Å². The molecular formula is C14H14N4. The van der Waals surface area contributed by atoms with Crippen LogP contribution in [0.2, 0.25) is 0 Å². The second-order valence-electron chi connectivity index (χ2n) is 3.60. The Kier molecular flexibility index (Phi) is 4.08. The van der Waals surface area contributed by atoms with Gasteiger partial charge in [-0.3, -0.25) is 10.9 Å². The molecule has 2 N–H and O–H groups in total. The Hall–Kier alpha value is -2.62. The minimum Gasteiger partial charge on any atom is -0.300 e. The third-order valence-corrected chi connectivity index (χ3v) is 2.17. The molecule has 0 bridgehead atoms. The van der Waals surface area contributed by atoms with Crippen molar-refractivity contribution >= 4 is 11.4 Å². The van der Waals surface area contributed by atoms with Gasteiger partial charge < -0.3 is 0 Å². The summed E-state index contributed by atoms with van der Waals surface area (Å²) in [6.07, 6.45) is 0. The molecule has 0 saturated heterocycles. The molecule has 4 heteroatoms. The van der Waals surface area contributed by atoms with Gasteiger partial charge in [-0.2, -0.15) is 0 Å². The van der Waals surface area contributed by atoms with Gasteiger partial charge in [-0.1, -0.05) is 43.0 Å². The maximum absolute atomic E-state index is 4.04. The van der Waals surface area contributed by atoms with Crippen LogP contribution in [0, 0.1) is 0 Å². The lowest BCUT2D eigenvalue weighted by molar-refractivity contribution is 0.909. The minimum atomic E-state index is 0.447. The first-order chi connectivity index (χ1) is 8.84. The molecule has 0 aliphatic heterocycles. The van der Waals surface area contributed by atoms with Gasteiger partial charge in [0.1, 0.15) is 0 Å². The first-order valence-electron chi connectivity index (χ1n) is 5.57. The summed E-state index contributed by atoms with van der Waals surface area (Å²) in [7, 11) is 0. The lowest BCUT2D eigenvalue weighted by Gasteiger charge is -2.07. The number of hydrogen-bond donors (Lipinski definition) is 2. The van der Waals surface area contributed by atoms with Crippen molar-refractivity contribution in [1.82, 2.24) is 5.43 Å². The Balaban J connectivity index is 1.84. The minimum absolute atomic E-state index is 0.447. The molecule has 0 heterocycles. The Morgan fingerprint density at radius 3 is 2.17 bits per heavy atom. The van der Waals surface area contributed by atoms with Crippen LogP contribution in [0.5, 0.6) is 0 Å². The normalized spacial score (nSPS) is 10.2. The second-order valence-corrected chi connectivity index (χ2v) is 3.60. The summed E-state index contributed by atoms with van der Waals surface area (Å²) in [5.74, 6) is 0.447. The predicted octanol–water partition coefficient (Wildman–Crippen LogP) is 3.86. The molecule has 0 spiro atoms. The molecule has 18 heavy (non-hydrogen) atoms. The van der Waals surface area contributed by atoms with Gasteiger partial charge in [0.25, 0.3) is 0 Å². The standard InChI is InChI=1S/C14H14N4/c1-12(15-17-13-8-4-2-5-9-13)16-18-14-10-6-3-7-11-14/h2-11,15,17H,1H2. The molecule has 4 nitrogen and oxygen atoms in total. The van der Waals surface area contributed by atoms with Crippen molar-refractivity contribution in [3.63, 3.8) is 0 Å². The van der Waals surface area contributed by atoms with Gasteiger partial charge in [0.15, 0.2) is 5.82 Å². The Bertz CT molecular complexity index is 520. The number of azo groups is 1. The van der Waals surface area contributed by atoms with E-state index in [1.54, 1.807) is 0 Å². The average Bonchev–Trinajstić information content (AvgIpc) is 2.45. The van der Waals surface area contributed by atoms with Crippen molar-refractivity contribution < 1.29 is 0 Å². The van der Waals surface area contributed by atoms with Crippen molar-refractivity contribution in [2.45, 2.75) is 0 Å². The van der Waals surface area contributed by atoms with Crippen molar-refractivity contribution in [2.75, 3.05) is 5.43 Å². The molecule has 2 aromatic carbocycles. The van der Waals surface area contributed by atoms with Crippen molar-refractivity contribution in [1.29, 1.82) is 0 Å². The molecule has 0 atom stereocenters. The summed E-state index contributed by atoms with van der Waals surface area (Å²) in [5, 5.41) is 8.01. The fourth-order valence-electron chi connectivity index (χ4n) is 1.30. The highest BCUT2D eigenvalue weighted by Crippen LogP contribution is 2.11. The summed E-state index contributed by atoms with van der Waals surface area (Å²) >= 11 is 0. The van der Waals surface area contributed by atoms with E-state index < -0.39 is 0 Å². The van der Waals surface area contributed by atoms with Gasteiger partial charge >= 0.3 is 0 Å². The highest BCUT2D eigenvalue weighted by atomic mass is 15.4. The molecular weight excluding hydrogens is 224 g/mol. The van der Waals surface area contributed by atoms with Crippen molar-refractivity contribution in [3.05, 3.63) is 73.1 Å². The van der Waals surface area contributed by atoms with Gasteiger partial charge in [0, 0.05) is 0 Å². The van der Waals surface area contributed by atoms with Gasteiger partial charge in [0.05, 0.1) is 11.4 Å². The van der Waals surface area contributed by atoms with E-state index in [0.29, 0.717) is 5.82 Å². The molecule has 0 unspecified atom stereocenters. The number of nitrogens with zero attached hydrogens (tertiary/aromatic N) is 2. The average molecular weight is 238 g/mol. The van der Waals surface area contributed by atoms with Gasteiger partial charge in [-0.25, -0.2) is 0 Å². The summed E-state index contributed by atoms with van der Waals surface area (Å²) in [4.78, 5) is 0. The Labute approximate surface area is 106 Å². The highest BCUT2D eigenvalue weighted by Gasteiger charge is 1.91. The number of anilines is 1. The summed E-state index contributed by atoms with van der Waals surface area (Å²) in [6, 6.07) is 19.2. The molecule has 0 radical (unpaired) electrons. The SMILES string of the molecule is C=C(N=Nc1ccccc1)NNc1ccccc1. The molecule has 2 aromatic rings. The molecule has 0 saturated carbocycles. The summed E-state index contributed by atoms with van der Waals surface area (Å²) < 4.78 is 0. The summed E-state index contributed by atoms with van der Waals surface area (Å²) in [5.41, 5.74) is 7.57. The molecule has 0 aliphatic carbocycles. The van der Waals surface area contributed by atoms with E-state index in [9.17, 15) is 0 Å². The lowest BCUT2D eigenvalue weighted by Crippen LogP contribution is -2.18. The zero-order valence-electron chi connectivity index (χ0n) is 9.88. The van der Waals surface area contributed by atoms with E-state index in [0.717, 1.165) is 11.4 Å². The number of para-hydroxylation sites is 1. The van der Waals surface area contributed by atoms with Crippen LogP contribution in [0.25, 0.3) is 0 Å². The maximum atomic E-state index is 4.04. The number of benzene rings is 2. The zero-order valence-corrected chi connectivity index (χ0v) is 9.88. The van der Waals surface area contributed by atoms with Gasteiger partial charge in [0.2, 0.25) is 0 Å². The Morgan fingerprint density at radius 1 is 0.889 bits per heavy atom. The first kappa shape index (κ1) is 11.9. The maximum Gasteiger partial charge on any atom is 0.159 e. The van der Waals surface area contributed by atoms with Crippen LogP contribution in [0.4, 0.5) is 11.4 Å². The smallest absolute Gasteiger partial charge is 0.159 e. The third kappa shape index (κ3) is 3.75. The number of hydrogen-bond acceptors (Lipinski definition) is 4. The van der Waals surface area contributed by atoms with E-state index in [4.69, 9.17) is 0 Å². The quantitative estimate of drug-likeness (QED) is 0.613. The Morgan fingerprint density at radius 2 is 1.50 bits per heavy atom. The second kappa shape index (κ2) is 6.20. The zero-order chi connectivity index (χ0) is 12.6. The largest absolute Gasteiger partial charge is 0.300 e. The van der Waals surface area contributed by atoms with Crippen LogP contribution in [0.3, 0.4) is 0 Å². The van der Waals surface area contributed by atoms with Crippen LogP contribution in [0.1, 0.15) is 0 Å². The highest BCUT2D eigenvalue weighted by molar-refractivity contribution is 5.41. The topological polar surface area (TPSA) is 48.8 Å². The van der Waals surface area contributed by atoms with E-state index >= 15 is 0 Å². The van der Waals surface area contributed by atoms with Crippen LogP contribution < -0.4 is 10.9 Å². The number of rotatable bonds is 5. The fourth-order valence-corrected chi connectivity index (χ4v) is 1.30. The van der Waals surface area contributed by atoms with E-state index in [-0.39, 0.29) is 0 Å². The molecule has 2 rings (SSSR count). The van der Waals surface area contributed by atoms with E-state index in [1.165, 1.54) is 0 Å². The van der Waals surface area contributed by atoms with Crippen LogP contribution in [0.15, 0.2) is 83.3 Å². The van der Waals surface area contributed by atoms with E-state index in [2.05, 4.69) is 27.7 Å². The van der Waals surface area contributed by atoms with Gasteiger partial charge in [-0.05, 0) is 24.3 Å². The molecule has 0 fully saturated rings. The third-order valence-electron chi connectivity index (χ3n) is 2.17. The first-order valence-corrected chi connectivity index (χ1v) is 5.57. The van der Waals surface area contributed by atoms with Crippen molar-refractivity contribution in [3.8, 4) is 0 Å². The lowest BCUT2D eigenvalue weighted by atomic mass is 10.3. The van der Waals surface area contributed by atoms with Crippen LogP contribution in [-0.2, 0) is 0 Å². The molecule has 90 valence electrons. The van der Waals surface area contributed by atoms with Crippen LogP contribution >= 0.6 is 0 Å².